The second-order valence-electron chi connectivity index (χ2n) is 5.27. The highest BCUT2D eigenvalue weighted by Gasteiger charge is 2.28. The maximum absolute atomic E-state index is 12.4. The summed E-state index contributed by atoms with van der Waals surface area (Å²) in [6.07, 6.45) is 5.87. The van der Waals surface area contributed by atoms with E-state index in [1.807, 2.05) is 23.4 Å². The highest BCUT2D eigenvalue weighted by atomic mass is 32.1. The highest BCUT2D eigenvalue weighted by Crippen LogP contribution is 2.25. The number of carbonyl (C=O) groups is 1. The summed E-state index contributed by atoms with van der Waals surface area (Å²) in [4.78, 5) is 19.0. The van der Waals surface area contributed by atoms with Crippen LogP contribution in [0.25, 0.3) is 10.6 Å². The molecule has 2 aromatic heterocycles. The molecule has 1 aliphatic rings. The SMILES string of the molecule is CNCC1CCCN1C(=O)Cc1csc(-c2ccoc2)n1. The van der Waals surface area contributed by atoms with Crippen LogP contribution in [0.2, 0.25) is 0 Å². The van der Waals surface area contributed by atoms with Gasteiger partial charge in [-0.2, -0.15) is 0 Å². The fourth-order valence-corrected chi connectivity index (χ4v) is 3.58. The van der Waals surface area contributed by atoms with Crippen molar-refractivity contribution in [1.82, 2.24) is 15.2 Å². The van der Waals surface area contributed by atoms with E-state index in [0.717, 1.165) is 42.2 Å². The zero-order chi connectivity index (χ0) is 14.7. The number of nitrogens with zero attached hydrogens (tertiary/aromatic N) is 2. The quantitative estimate of drug-likeness (QED) is 0.919. The number of thiazole rings is 1. The van der Waals surface area contributed by atoms with Crippen LogP contribution in [0.5, 0.6) is 0 Å². The summed E-state index contributed by atoms with van der Waals surface area (Å²) in [5, 5.41) is 6.03. The van der Waals surface area contributed by atoms with Crippen LogP contribution < -0.4 is 5.32 Å². The van der Waals surface area contributed by atoms with Gasteiger partial charge in [-0.1, -0.05) is 0 Å². The van der Waals surface area contributed by atoms with E-state index < -0.39 is 0 Å². The first-order chi connectivity index (χ1) is 10.3. The Hall–Kier alpha value is -1.66. The van der Waals surface area contributed by atoms with Crippen LogP contribution in [-0.4, -0.2) is 42.0 Å². The minimum absolute atomic E-state index is 0.178. The van der Waals surface area contributed by atoms with Gasteiger partial charge in [0.1, 0.15) is 11.3 Å². The molecule has 0 saturated carbocycles. The molecule has 1 saturated heterocycles. The van der Waals surface area contributed by atoms with E-state index in [4.69, 9.17) is 4.42 Å². The Morgan fingerprint density at radius 2 is 2.52 bits per heavy atom. The third kappa shape index (κ3) is 3.16. The average Bonchev–Trinajstić information content (AvgIpc) is 3.20. The molecule has 0 bridgehead atoms. The second kappa shape index (κ2) is 6.41. The van der Waals surface area contributed by atoms with Crippen molar-refractivity contribution in [2.75, 3.05) is 20.1 Å². The predicted molar refractivity (Wildman–Crippen MR) is 82.2 cm³/mol. The zero-order valence-corrected chi connectivity index (χ0v) is 12.9. The Morgan fingerprint density at radius 3 is 3.29 bits per heavy atom. The third-order valence-corrected chi connectivity index (χ3v) is 4.73. The Balaban J connectivity index is 1.65. The minimum atomic E-state index is 0.178. The van der Waals surface area contributed by atoms with Crippen molar-refractivity contribution >= 4 is 17.2 Å². The molecule has 3 heterocycles. The van der Waals surface area contributed by atoms with E-state index in [-0.39, 0.29) is 5.91 Å². The Morgan fingerprint density at radius 1 is 1.62 bits per heavy atom. The van der Waals surface area contributed by atoms with E-state index in [9.17, 15) is 4.79 Å². The molecule has 3 rings (SSSR count). The maximum atomic E-state index is 12.4. The molecular formula is C15H19N3O2S. The van der Waals surface area contributed by atoms with Gasteiger partial charge in [0.15, 0.2) is 0 Å². The first kappa shape index (κ1) is 14.3. The first-order valence-corrected chi connectivity index (χ1v) is 8.07. The van der Waals surface area contributed by atoms with Crippen LogP contribution in [0.1, 0.15) is 18.5 Å². The highest BCUT2D eigenvalue weighted by molar-refractivity contribution is 7.13. The normalized spacial score (nSPS) is 18.3. The van der Waals surface area contributed by atoms with E-state index in [2.05, 4.69) is 10.3 Å². The van der Waals surface area contributed by atoms with Crippen molar-refractivity contribution in [1.29, 1.82) is 0 Å². The van der Waals surface area contributed by atoms with Gasteiger partial charge in [-0.25, -0.2) is 4.98 Å². The van der Waals surface area contributed by atoms with E-state index in [1.54, 1.807) is 23.9 Å². The molecule has 6 heteroatoms. The monoisotopic (exact) mass is 305 g/mol. The van der Waals surface area contributed by atoms with Crippen LogP contribution in [0.4, 0.5) is 0 Å². The van der Waals surface area contributed by atoms with Crippen LogP contribution in [-0.2, 0) is 11.2 Å². The average molecular weight is 305 g/mol. The summed E-state index contributed by atoms with van der Waals surface area (Å²) in [5.41, 5.74) is 1.81. The van der Waals surface area contributed by atoms with Crippen molar-refractivity contribution in [3.05, 3.63) is 29.7 Å². The lowest BCUT2D eigenvalue weighted by Crippen LogP contribution is -2.41. The minimum Gasteiger partial charge on any atom is -0.472 e. The molecule has 1 atom stereocenters. The molecular weight excluding hydrogens is 286 g/mol. The standard InChI is InChI=1S/C15H19N3O2S/c1-16-8-13-3-2-5-18(13)14(19)7-12-10-21-15(17-12)11-4-6-20-9-11/h4,6,9-10,13,16H,2-3,5,7-8H2,1H3. The van der Waals surface area contributed by atoms with Crippen LogP contribution in [0.15, 0.2) is 28.4 Å². The van der Waals surface area contributed by atoms with Crippen LogP contribution in [0.3, 0.4) is 0 Å². The van der Waals surface area contributed by atoms with E-state index in [0.29, 0.717) is 12.5 Å². The van der Waals surface area contributed by atoms with E-state index >= 15 is 0 Å². The van der Waals surface area contributed by atoms with Gasteiger partial charge in [-0.05, 0) is 26.0 Å². The number of likely N-dealkylation sites (tertiary alicyclic amines) is 1. The molecule has 1 unspecified atom stereocenters. The summed E-state index contributed by atoms with van der Waals surface area (Å²) in [6, 6.07) is 2.21. The molecule has 5 nitrogen and oxygen atoms in total. The fraction of sp³-hybridized carbons (Fsp3) is 0.467. The number of amides is 1. The lowest BCUT2D eigenvalue weighted by atomic mass is 10.2. The van der Waals surface area contributed by atoms with Gasteiger partial charge >= 0.3 is 0 Å². The lowest BCUT2D eigenvalue weighted by molar-refractivity contribution is -0.131. The van der Waals surface area contributed by atoms with Gasteiger partial charge < -0.3 is 14.6 Å². The van der Waals surface area contributed by atoms with Gasteiger partial charge in [-0.15, -0.1) is 11.3 Å². The second-order valence-corrected chi connectivity index (χ2v) is 6.13. The van der Waals surface area contributed by atoms with Crippen molar-refractivity contribution in [3.8, 4) is 10.6 Å². The maximum Gasteiger partial charge on any atom is 0.228 e. The summed E-state index contributed by atoms with van der Waals surface area (Å²) >= 11 is 1.55. The molecule has 0 aliphatic carbocycles. The predicted octanol–water partition coefficient (Wildman–Crippen LogP) is 2.16. The number of furan rings is 1. The smallest absolute Gasteiger partial charge is 0.228 e. The Labute approximate surface area is 128 Å². The van der Waals surface area contributed by atoms with Gasteiger partial charge in [0, 0.05) is 30.1 Å². The fourth-order valence-electron chi connectivity index (χ4n) is 2.78. The molecule has 21 heavy (non-hydrogen) atoms. The number of nitrogens with one attached hydrogen (secondary N) is 1. The van der Waals surface area contributed by atoms with E-state index in [1.165, 1.54) is 0 Å². The number of hydrogen-bond donors (Lipinski definition) is 1. The molecule has 1 amide bonds. The first-order valence-electron chi connectivity index (χ1n) is 7.19. The van der Waals surface area contributed by atoms with Crippen LogP contribution in [0, 0.1) is 0 Å². The number of aromatic nitrogens is 1. The molecule has 1 fully saturated rings. The third-order valence-electron chi connectivity index (χ3n) is 3.79. The molecule has 0 aromatic carbocycles. The summed E-state index contributed by atoms with van der Waals surface area (Å²) in [6.45, 7) is 1.73. The van der Waals surface area contributed by atoms with Gasteiger partial charge in [-0.3, -0.25) is 4.79 Å². The summed E-state index contributed by atoms with van der Waals surface area (Å²) in [5.74, 6) is 0.178. The van der Waals surface area contributed by atoms with Crippen molar-refractivity contribution in [3.63, 3.8) is 0 Å². The number of rotatable bonds is 5. The molecule has 0 spiro atoms. The molecule has 0 radical (unpaired) electrons. The van der Waals surface area contributed by atoms with Gasteiger partial charge in [0.05, 0.1) is 18.4 Å². The molecule has 112 valence electrons. The summed E-state index contributed by atoms with van der Waals surface area (Å²) in [7, 11) is 1.93. The largest absolute Gasteiger partial charge is 0.472 e. The lowest BCUT2D eigenvalue weighted by Gasteiger charge is -2.24. The number of carbonyl (C=O) groups excluding carboxylic acids is 1. The Kier molecular flexibility index (Phi) is 4.36. The van der Waals surface area contributed by atoms with Crippen LogP contribution >= 0.6 is 11.3 Å². The molecule has 1 N–H and O–H groups in total. The molecule has 2 aromatic rings. The van der Waals surface area contributed by atoms with Gasteiger partial charge in [0.25, 0.3) is 0 Å². The van der Waals surface area contributed by atoms with Crippen molar-refractivity contribution < 1.29 is 9.21 Å². The zero-order valence-electron chi connectivity index (χ0n) is 12.0. The Bertz CT molecular complexity index is 594. The van der Waals surface area contributed by atoms with Crippen molar-refractivity contribution in [2.24, 2.45) is 0 Å². The summed E-state index contributed by atoms with van der Waals surface area (Å²) < 4.78 is 5.07. The van der Waals surface area contributed by atoms with Crippen molar-refractivity contribution in [2.45, 2.75) is 25.3 Å². The molecule has 1 aliphatic heterocycles. The number of likely N-dealkylation sites (N-methyl/N-ethyl adjacent to an activating group) is 1. The van der Waals surface area contributed by atoms with Gasteiger partial charge in [0.2, 0.25) is 5.91 Å². The number of hydrogen-bond acceptors (Lipinski definition) is 5. The topological polar surface area (TPSA) is 58.4 Å².